The molecule has 0 aromatic rings. The predicted molar refractivity (Wildman–Crippen MR) is 112 cm³/mol. The Morgan fingerprint density at radius 1 is 1.07 bits per heavy atom. The van der Waals surface area contributed by atoms with Crippen LogP contribution in [0, 0.1) is 11.8 Å². The molecule has 7 atom stereocenters. The molecule has 3 heterocycles. The molecule has 0 aromatic heterocycles. The maximum Gasteiger partial charge on any atom is 0.323 e. The molecule has 7 heteroatoms. The molecule has 0 aliphatic carbocycles. The number of esters is 1. The molecule has 0 amide bonds. The minimum atomic E-state index is -1.84. The minimum absolute atomic E-state index is 0.00505. The zero-order valence-corrected chi connectivity index (χ0v) is 19.0. The average Bonchev–Trinajstić information content (AvgIpc) is 2.72. The van der Waals surface area contributed by atoms with Gasteiger partial charge in [0.2, 0.25) is 11.6 Å². The summed E-state index contributed by atoms with van der Waals surface area (Å²) in [6, 6.07) is -0.438. The van der Waals surface area contributed by atoms with E-state index in [1.807, 2.05) is 18.7 Å². The van der Waals surface area contributed by atoms with Crippen molar-refractivity contribution in [2.45, 2.75) is 102 Å². The number of carbonyl (C=O) groups is 2. The highest BCUT2D eigenvalue weighted by Gasteiger charge is 2.51. The van der Waals surface area contributed by atoms with E-state index in [9.17, 15) is 14.7 Å². The van der Waals surface area contributed by atoms with Crippen LogP contribution in [0.5, 0.6) is 0 Å². The van der Waals surface area contributed by atoms with Crippen LogP contribution in [0.2, 0.25) is 0 Å². The first-order valence-corrected chi connectivity index (χ1v) is 11.7. The van der Waals surface area contributed by atoms with Crippen LogP contribution in [0.15, 0.2) is 0 Å². The zero-order valence-electron chi connectivity index (χ0n) is 19.0. The van der Waals surface area contributed by atoms with Gasteiger partial charge in [0.15, 0.2) is 0 Å². The molecular weight excluding hydrogens is 386 g/mol. The van der Waals surface area contributed by atoms with E-state index >= 15 is 0 Å². The second-order valence-electron chi connectivity index (χ2n) is 9.57. The molecule has 172 valence electrons. The molecule has 3 fully saturated rings. The number of carbonyl (C=O) groups excluding carboxylic acids is 2. The Kier molecular flexibility index (Phi) is 7.93. The first-order valence-electron chi connectivity index (χ1n) is 11.7. The van der Waals surface area contributed by atoms with Gasteiger partial charge in [0.1, 0.15) is 12.1 Å². The molecule has 0 radical (unpaired) electrons. The largest absolute Gasteiger partial charge is 0.461 e. The first-order chi connectivity index (χ1) is 14.3. The smallest absolute Gasteiger partial charge is 0.323 e. The highest BCUT2D eigenvalue weighted by molar-refractivity contribution is 5.88. The molecule has 0 saturated carbocycles. The van der Waals surface area contributed by atoms with Crippen LogP contribution in [0.4, 0.5) is 0 Å². The molecule has 2 bridgehead atoms. The van der Waals surface area contributed by atoms with Gasteiger partial charge in [-0.1, -0.05) is 33.1 Å². The number of ketones is 1. The number of rotatable bonds is 1. The van der Waals surface area contributed by atoms with Crippen LogP contribution in [-0.2, 0) is 23.8 Å². The van der Waals surface area contributed by atoms with Crippen molar-refractivity contribution in [3.05, 3.63) is 0 Å². The van der Waals surface area contributed by atoms with Gasteiger partial charge in [-0.25, -0.2) is 0 Å². The molecule has 1 N–H and O–H groups in total. The fourth-order valence-corrected chi connectivity index (χ4v) is 5.09. The van der Waals surface area contributed by atoms with Gasteiger partial charge < -0.3 is 19.3 Å². The van der Waals surface area contributed by atoms with Crippen molar-refractivity contribution in [1.82, 2.24) is 4.90 Å². The molecule has 0 spiro atoms. The average molecular weight is 426 g/mol. The first kappa shape index (κ1) is 23.6. The summed E-state index contributed by atoms with van der Waals surface area (Å²) >= 11 is 0. The van der Waals surface area contributed by atoms with Crippen LogP contribution in [-0.4, -0.2) is 72.1 Å². The number of nitrogens with zero attached hydrogens (tertiary/aromatic N) is 1. The molecule has 0 unspecified atom stereocenters. The van der Waals surface area contributed by atoms with Gasteiger partial charge in [0.25, 0.3) is 0 Å². The van der Waals surface area contributed by atoms with Crippen molar-refractivity contribution in [2.24, 2.45) is 11.8 Å². The van der Waals surface area contributed by atoms with Crippen molar-refractivity contribution < 1.29 is 28.9 Å². The fraction of sp³-hybridized carbons (Fsp3) is 0.913. The number of ether oxygens (including phenoxy) is 3. The second-order valence-corrected chi connectivity index (χ2v) is 9.57. The Balaban J connectivity index is 1.85. The van der Waals surface area contributed by atoms with E-state index in [2.05, 4.69) is 6.92 Å². The summed E-state index contributed by atoms with van der Waals surface area (Å²) < 4.78 is 17.5. The molecular formula is C23H39NO6. The highest BCUT2D eigenvalue weighted by atomic mass is 16.7. The van der Waals surface area contributed by atoms with Gasteiger partial charge in [-0.15, -0.1) is 0 Å². The monoisotopic (exact) mass is 425 g/mol. The third-order valence-electron chi connectivity index (χ3n) is 7.44. The van der Waals surface area contributed by atoms with Crippen LogP contribution >= 0.6 is 0 Å². The Labute approximate surface area is 180 Å². The topological polar surface area (TPSA) is 85.3 Å². The summed E-state index contributed by atoms with van der Waals surface area (Å²) in [7, 11) is 1.66. The second kappa shape index (κ2) is 10.1. The van der Waals surface area contributed by atoms with Crippen LogP contribution in [0.1, 0.15) is 72.1 Å². The van der Waals surface area contributed by atoms with E-state index < -0.39 is 11.8 Å². The maximum absolute atomic E-state index is 13.3. The van der Waals surface area contributed by atoms with Crippen molar-refractivity contribution in [1.29, 1.82) is 0 Å². The summed E-state index contributed by atoms with van der Waals surface area (Å²) in [5.74, 6) is -2.58. The van der Waals surface area contributed by atoms with Crippen LogP contribution < -0.4 is 0 Å². The quantitative estimate of drug-likeness (QED) is 0.647. The Morgan fingerprint density at radius 2 is 1.77 bits per heavy atom. The molecule has 3 saturated heterocycles. The van der Waals surface area contributed by atoms with Gasteiger partial charge in [0, 0.05) is 13.0 Å². The lowest BCUT2D eigenvalue weighted by Crippen LogP contribution is -2.60. The maximum atomic E-state index is 13.3. The summed E-state index contributed by atoms with van der Waals surface area (Å²) in [4.78, 5) is 28.0. The Hall–Kier alpha value is -1.02. The Bertz CT molecular complexity index is 613. The number of piperidine rings is 1. The summed E-state index contributed by atoms with van der Waals surface area (Å²) in [6.07, 6.45) is 6.06. The van der Waals surface area contributed by atoms with E-state index in [-0.39, 0.29) is 48.4 Å². The number of Topliss-reactive ketones (excluding diaryl/α,β-unsaturated/α-hetero) is 1. The summed E-state index contributed by atoms with van der Waals surface area (Å²) in [6.45, 7) is 6.55. The minimum Gasteiger partial charge on any atom is -0.461 e. The molecule has 30 heavy (non-hydrogen) atoms. The number of hydrogen-bond donors (Lipinski definition) is 1. The zero-order chi connectivity index (χ0) is 21.9. The van der Waals surface area contributed by atoms with Crippen molar-refractivity contribution in [2.75, 3.05) is 20.2 Å². The molecule has 3 aliphatic rings. The summed E-state index contributed by atoms with van der Waals surface area (Å²) in [5, 5.41) is 11.3. The number of hydrogen-bond acceptors (Lipinski definition) is 7. The van der Waals surface area contributed by atoms with Gasteiger partial charge in [-0.05, 0) is 51.5 Å². The predicted octanol–water partition coefficient (Wildman–Crippen LogP) is 2.68. The van der Waals surface area contributed by atoms with Gasteiger partial charge in [0.05, 0.1) is 18.8 Å². The molecule has 0 aromatic carbocycles. The SMILES string of the molecule is CO[C@H]1C[C@@H](C)[C@@]2(O)O[C@@H]1CCCC[C@@H](C)[C@@H](C)OC(=O)[C@@H]1CCCCN1CC2=O. The fourth-order valence-electron chi connectivity index (χ4n) is 5.09. The van der Waals surface area contributed by atoms with Gasteiger partial charge in [-0.2, -0.15) is 0 Å². The van der Waals surface area contributed by atoms with Gasteiger partial charge in [-0.3, -0.25) is 14.5 Å². The van der Waals surface area contributed by atoms with Gasteiger partial charge >= 0.3 is 5.97 Å². The third kappa shape index (κ3) is 5.06. The lowest BCUT2D eigenvalue weighted by Gasteiger charge is -2.45. The van der Waals surface area contributed by atoms with Crippen molar-refractivity contribution in [3.63, 3.8) is 0 Å². The normalized spacial score (nSPS) is 42.6. The number of cyclic esters (lactones) is 1. The lowest BCUT2D eigenvalue weighted by molar-refractivity contribution is -0.288. The van der Waals surface area contributed by atoms with E-state index in [1.54, 1.807) is 7.11 Å². The highest BCUT2D eigenvalue weighted by Crippen LogP contribution is 2.37. The molecule has 3 rings (SSSR count). The standard InChI is InChI=1S/C23H39NO6/c1-15-9-5-6-11-19-20(28-4)13-16(2)23(27,30-19)21(25)14-24-12-8-7-10-18(24)22(26)29-17(15)3/h15-20,27H,5-14H2,1-4H3/t15-,16-,17-,18+,19-,20+,23-/m1/s1. The molecule has 7 nitrogen and oxygen atoms in total. The van der Waals surface area contributed by atoms with E-state index in [0.29, 0.717) is 19.4 Å². The van der Waals surface area contributed by atoms with E-state index in [1.165, 1.54) is 0 Å². The van der Waals surface area contributed by atoms with Crippen molar-refractivity contribution in [3.8, 4) is 0 Å². The molecule has 3 aliphatic heterocycles. The van der Waals surface area contributed by atoms with Crippen LogP contribution in [0.3, 0.4) is 0 Å². The number of methoxy groups -OCH3 is 1. The lowest BCUT2D eigenvalue weighted by atomic mass is 9.84. The van der Waals surface area contributed by atoms with E-state index in [0.717, 1.165) is 38.5 Å². The Morgan fingerprint density at radius 3 is 2.50 bits per heavy atom. The van der Waals surface area contributed by atoms with Crippen molar-refractivity contribution >= 4 is 11.8 Å². The number of fused-ring (bicyclic) bond motifs is 3. The third-order valence-corrected chi connectivity index (χ3v) is 7.44. The van der Waals surface area contributed by atoms with Crippen LogP contribution in [0.25, 0.3) is 0 Å². The van der Waals surface area contributed by atoms with E-state index in [4.69, 9.17) is 14.2 Å². The summed E-state index contributed by atoms with van der Waals surface area (Å²) in [5.41, 5.74) is 0. The number of aliphatic hydroxyl groups is 1.